The van der Waals surface area contributed by atoms with E-state index in [0.29, 0.717) is 19.5 Å². The van der Waals surface area contributed by atoms with Gasteiger partial charge < -0.3 is 15.5 Å². The van der Waals surface area contributed by atoms with Crippen LogP contribution in [-0.4, -0.2) is 60.5 Å². The summed E-state index contributed by atoms with van der Waals surface area (Å²) < 4.78 is 40.0. The molecular weight excluding hydrogens is 311 g/mol. The molecule has 0 aliphatic carbocycles. The predicted octanol–water partition coefficient (Wildman–Crippen LogP) is 1.01. The lowest BCUT2D eigenvalue weighted by molar-refractivity contribution is -0.160. The molecule has 8 heteroatoms. The van der Waals surface area contributed by atoms with E-state index in [9.17, 15) is 22.8 Å². The summed E-state index contributed by atoms with van der Waals surface area (Å²) in [5.74, 6) is -4.04. The summed E-state index contributed by atoms with van der Waals surface area (Å²) in [5.41, 5.74) is -1.91. The number of nitrogens with one attached hydrogen (secondary N) is 2. The lowest BCUT2D eigenvalue weighted by atomic mass is 9.95. The van der Waals surface area contributed by atoms with Crippen molar-refractivity contribution in [1.82, 2.24) is 15.5 Å². The van der Waals surface area contributed by atoms with Crippen molar-refractivity contribution in [2.24, 2.45) is 0 Å². The number of amides is 2. The SMILES string of the molecule is C[C@H](/C=C/C(=O)N1CC(F)(F)C1)NC(=O)[C@@]1(F)CCCNCC1. The summed E-state index contributed by atoms with van der Waals surface area (Å²) in [4.78, 5) is 24.7. The summed E-state index contributed by atoms with van der Waals surface area (Å²) >= 11 is 0. The molecule has 0 aromatic carbocycles. The van der Waals surface area contributed by atoms with Crippen molar-refractivity contribution in [3.05, 3.63) is 12.2 Å². The second-order valence-corrected chi connectivity index (χ2v) is 6.24. The molecular formula is C15H22F3N3O2. The van der Waals surface area contributed by atoms with Gasteiger partial charge in [-0.05, 0) is 32.9 Å². The van der Waals surface area contributed by atoms with Crippen LogP contribution in [0.5, 0.6) is 0 Å². The molecule has 5 nitrogen and oxygen atoms in total. The Hall–Kier alpha value is -1.57. The molecule has 2 aliphatic heterocycles. The smallest absolute Gasteiger partial charge is 0.282 e. The van der Waals surface area contributed by atoms with Gasteiger partial charge in [-0.15, -0.1) is 0 Å². The molecule has 0 unspecified atom stereocenters. The number of hydrogen-bond donors (Lipinski definition) is 2. The molecule has 2 fully saturated rings. The van der Waals surface area contributed by atoms with Gasteiger partial charge in [0.2, 0.25) is 5.91 Å². The van der Waals surface area contributed by atoms with Gasteiger partial charge >= 0.3 is 0 Å². The first-order valence-corrected chi connectivity index (χ1v) is 7.77. The first-order chi connectivity index (χ1) is 10.7. The topological polar surface area (TPSA) is 61.4 Å². The van der Waals surface area contributed by atoms with Crippen LogP contribution in [0.3, 0.4) is 0 Å². The molecule has 130 valence electrons. The van der Waals surface area contributed by atoms with Crippen LogP contribution in [0.15, 0.2) is 12.2 Å². The van der Waals surface area contributed by atoms with E-state index in [0.717, 1.165) is 11.0 Å². The predicted molar refractivity (Wildman–Crippen MR) is 78.8 cm³/mol. The first-order valence-electron chi connectivity index (χ1n) is 7.77. The number of alkyl halides is 3. The minimum atomic E-state index is -2.81. The van der Waals surface area contributed by atoms with E-state index in [1.807, 2.05) is 0 Å². The van der Waals surface area contributed by atoms with Crippen LogP contribution >= 0.6 is 0 Å². The Bertz CT molecular complexity index is 480. The molecule has 0 aromatic rings. The highest BCUT2D eigenvalue weighted by Gasteiger charge is 2.45. The van der Waals surface area contributed by atoms with Gasteiger partial charge in [-0.2, -0.15) is 0 Å². The molecule has 0 bridgehead atoms. The molecule has 2 saturated heterocycles. The molecule has 0 aromatic heterocycles. The van der Waals surface area contributed by atoms with Crippen LogP contribution < -0.4 is 10.6 Å². The Balaban J connectivity index is 1.81. The van der Waals surface area contributed by atoms with Gasteiger partial charge in [0.05, 0.1) is 13.1 Å². The first kappa shape index (κ1) is 17.8. The minimum absolute atomic E-state index is 0.108. The highest BCUT2D eigenvalue weighted by Crippen LogP contribution is 2.27. The Labute approximate surface area is 133 Å². The van der Waals surface area contributed by atoms with Crippen LogP contribution in [0.1, 0.15) is 26.2 Å². The average molecular weight is 333 g/mol. The van der Waals surface area contributed by atoms with Gasteiger partial charge in [0.15, 0.2) is 5.67 Å². The van der Waals surface area contributed by atoms with E-state index in [1.54, 1.807) is 6.92 Å². The monoisotopic (exact) mass is 333 g/mol. The van der Waals surface area contributed by atoms with Gasteiger partial charge in [-0.3, -0.25) is 9.59 Å². The summed E-state index contributed by atoms with van der Waals surface area (Å²) in [6, 6.07) is -0.558. The van der Waals surface area contributed by atoms with Crippen LogP contribution in [0.2, 0.25) is 0 Å². The van der Waals surface area contributed by atoms with E-state index < -0.39 is 42.5 Å². The molecule has 2 heterocycles. The Kier molecular flexibility index (Phi) is 5.33. The quantitative estimate of drug-likeness (QED) is 0.755. The van der Waals surface area contributed by atoms with E-state index in [-0.39, 0.29) is 12.8 Å². The fraction of sp³-hybridized carbons (Fsp3) is 0.733. The van der Waals surface area contributed by atoms with Gasteiger partial charge in [0, 0.05) is 18.5 Å². The van der Waals surface area contributed by atoms with Crippen molar-refractivity contribution in [3.8, 4) is 0 Å². The highest BCUT2D eigenvalue weighted by atomic mass is 19.3. The summed E-state index contributed by atoms with van der Waals surface area (Å²) in [6.07, 6.45) is 3.37. The number of carbonyl (C=O) groups excluding carboxylic acids is 2. The second-order valence-electron chi connectivity index (χ2n) is 6.24. The van der Waals surface area contributed by atoms with Crippen LogP contribution in [0.25, 0.3) is 0 Å². The maximum Gasteiger partial charge on any atom is 0.282 e. The van der Waals surface area contributed by atoms with Crippen molar-refractivity contribution in [2.75, 3.05) is 26.2 Å². The summed E-state index contributed by atoms with van der Waals surface area (Å²) in [5, 5.41) is 5.55. The van der Waals surface area contributed by atoms with Crippen molar-refractivity contribution >= 4 is 11.8 Å². The molecule has 2 rings (SSSR count). The van der Waals surface area contributed by atoms with Crippen molar-refractivity contribution in [2.45, 2.75) is 43.8 Å². The maximum absolute atomic E-state index is 14.6. The Morgan fingerprint density at radius 2 is 1.91 bits per heavy atom. The van der Waals surface area contributed by atoms with Crippen LogP contribution in [-0.2, 0) is 9.59 Å². The van der Waals surface area contributed by atoms with Gasteiger partial charge in [0.25, 0.3) is 11.8 Å². The zero-order chi connectivity index (χ0) is 17.1. The van der Waals surface area contributed by atoms with E-state index in [4.69, 9.17) is 0 Å². The zero-order valence-electron chi connectivity index (χ0n) is 13.1. The molecule has 0 spiro atoms. The zero-order valence-corrected chi connectivity index (χ0v) is 13.1. The minimum Gasteiger partial charge on any atom is -0.347 e. The summed E-state index contributed by atoms with van der Waals surface area (Å²) in [7, 11) is 0. The normalized spacial score (nSPS) is 28.8. The van der Waals surface area contributed by atoms with E-state index >= 15 is 0 Å². The third-order valence-corrected chi connectivity index (χ3v) is 4.07. The third-order valence-electron chi connectivity index (χ3n) is 4.07. The average Bonchev–Trinajstić information content (AvgIpc) is 2.68. The molecule has 23 heavy (non-hydrogen) atoms. The molecule has 2 N–H and O–H groups in total. The largest absolute Gasteiger partial charge is 0.347 e. The lowest BCUT2D eigenvalue weighted by Gasteiger charge is -2.38. The Morgan fingerprint density at radius 3 is 2.57 bits per heavy atom. The van der Waals surface area contributed by atoms with Crippen molar-refractivity contribution < 1.29 is 22.8 Å². The maximum atomic E-state index is 14.6. The number of halogens is 3. The van der Waals surface area contributed by atoms with E-state index in [2.05, 4.69) is 10.6 Å². The van der Waals surface area contributed by atoms with Crippen molar-refractivity contribution in [3.63, 3.8) is 0 Å². The van der Waals surface area contributed by atoms with Crippen LogP contribution in [0.4, 0.5) is 13.2 Å². The standard InChI is InChI=1S/C15H22F3N3O2/c1-11(3-4-12(22)21-9-15(17,18)10-21)20-13(23)14(16)5-2-7-19-8-6-14/h3-4,11,19H,2,5-10H2,1H3,(H,20,23)/b4-3+/t11-,14-/m1/s1. The van der Waals surface area contributed by atoms with Gasteiger partial charge in [-0.25, -0.2) is 13.2 Å². The van der Waals surface area contributed by atoms with E-state index in [1.165, 1.54) is 6.08 Å². The second kappa shape index (κ2) is 6.90. The van der Waals surface area contributed by atoms with Crippen molar-refractivity contribution in [1.29, 1.82) is 0 Å². The lowest BCUT2D eigenvalue weighted by Crippen LogP contribution is -2.58. The fourth-order valence-electron chi connectivity index (χ4n) is 2.64. The highest BCUT2D eigenvalue weighted by molar-refractivity contribution is 5.89. The molecule has 2 atom stereocenters. The van der Waals surface area contributed by atoms with Crippen LogP contribution in [0, 0.1) is 0 Å². The van der Waals surface area contributed by atoms with Gasteiger partial charge in [-0.1, -0.05) is 6.08 Å². The molecule has 0 saturated carbocycles. The Morgan fingerprint density at radius 1 is 1.22 bits per heavy atom. The summed E-state index contributed by atoms with van der Waals surface area (Å²) in [6.45, 7) is 1.55. The number of likely N-dealkylation sites (tertiary alicyclic amines) is 1. The number of hydrogen-bond acceptors (Lipinski definition) is 3. The molecule has 2 aliphatic rings. The number of nitrogens with zero attached hydrogens (tertiary/aromatic N) is 1. The third kappa shape index (κ3) is 4.70. The molecule has 2 amide bonds. The number of rotatable bonds is 4. The number of carbonyl (C=O) groups is 2. The fourth-order valence-corrected chi connectivity index (χ4v) is 2.64. The molecule has 0 radical (unpaired) electrons. The van der Waals surface area contributed by atoms with Gasteiger partial charge in [0.1, 0.15) is 0 Å².